The topological polar surface area (TPSA) is 13.0 Å². The van der Waals surface area contributed by atoms with E-state index in [-0.39, 0.29) is 20.1 Å². The van der Waals surface area contributed by atoms with Gasteiger partial charge in [0, 0.05) is 68.2 Å². The van der Waals surface area contributed by atoms with Gasteiger partial charge in [-0.15, -0.1) is 0 Å². The van der Waals surface area contributed by atoms with Crippen LogP contribution < -0.4 is 68.8 Å². The zero-order chi connectivity index (χ0) is 52.0. The molecule has 5 aliphatic rings. The van der Waals surface area contributed by atoms with E-state index in [4.69, 9.17) is 0 Å². The van der Waals surface area contributed by atoms with Gasteiger partial charge in [0.25, 0.3) is 13.4 Å². The number of hydrogen-bond donors (Lipinski definition) is 0. The van der Waals surface area contributed by atoms with Crippen LogP contribution in [-0.4, -0.2) is 20.1 Å². The Kier molecular flexibility index (Phi) is 10.3. The molecule has 0 aromatic heterocycles. The lowest BCUT2D eigenvalue weighted by molar-refractivity contribution is 0.812. The van der Waals surface area contributed by atoms with Crippen molar-refractivity contribution in [1.82, 2.24) is 0 Å². The lowest BCUT2D eigenvalue weighted by atomic mass is 9.27. The average Bonchev–Trinajstić information content (AvgIpc) is 3.53. The van der Waals surface area contributed by atoms with E-state index in [0.717, 1.165) is 17.1 Å². The smallest absolute Gasteiger partial charge is 0.252 e. The van der Waals surface area contributed by atoms with E-state index in [0.29, 0.717) is 17.8 Å². The van der Waals surface area contributed by atoms with Gasteiger partial charge >= 0.3 is 0 Å². The first-order valence-corrected chi connectivity index (χ1v) is 28.0. The zero-order valence-corrected chi connectivity index (χ0v) is 45.0. The number of rotatable bonds is 7. The molecule has 0 saturated carbocycles. The van der Waals surface area contributed by atoms with Crippen molar-refractivity contribution in [2.24, 2.45) is 0 Å². The SMILES string of the molecule is Cc1c2c(cc3c1N(c1ccccc1)c1cc4c5c6c1B3c1ccccc1N6c1ccccc1B5c1ccccc1N4c1ccccc1)B(c1c(C(C)C)cc(C(C)C)cc1C(C)C)c1ccccc1N2c1ccccc1. The third kappa shape index (κ3) is 6.50. The summed E-state index contributed by atoms with van der Waals surface area (Å²) < 4.78 is 0. The average molecular weight is 989 g/mol. The highest BCUT2D eigenvalue weighted by molar-refractivity contribution is 7.05. The second-order valence-corrected chi connectivity index (χ2v) is 22.9. The van der Waals surface area contributed by atoms with Crippen molar-refractivity contribution in [2.75, 3.05) is 19.6 Å². The molecule has 5 heterocycles. The third-order valence-electron chi connectivity index (χ3n) is 17.7. The minimum absolute atomic E-state index is 0.0229. The summed E-state index contributed by atoms with van der Waals surface area (Å²) >= 11 is 0. The van der Waals surface area contributed by atoms with Gasteiger partial charge in [-0.25, -0.2) is 0 Å². The van der Waals surface area contributed by atoms with Gasteiger partial charge in [-0.2, -0.15) is 0 Å². The molecule has 0 atom stereocenters. The van der Waals surface area contributed by atoms with Gasteiger partial charge in [0.1, 0.15) is 0 Å². The Balaban J connectivity index is 1.12. The molecule has 0 bridgehead atoms. The van der Waals surface area contributed by atoms with Crippen LogP contribution in [0.5, 0.6) is 0 Å². The van der Waals surface area contributed by atoms with Crippen LogP contribution in [0.3, 0.4) is 0 Å². The van der Waals surface area contributed by atoms with Crippen molar-refractivity contribution < 1.29 is 0 Å². The van der Waals surface area contributed by atoms with Crippen LogP contribution in [0.4, 0.5) is 68.2 Å². The molecule has 0 aliphatic carbocycles. The summed E-state index contributed by atoms with van der Waals surface area (Å²) in [6.45, 7) is 16.7. The number of hydrogen-bond acceptors (Lipinski definition) is 4. The molecule has 5 aliphatic heterocycles. The fourth-order valence-electron chi connectivity index (χ4n) is 14.5. The molecule has 368 valence electrons. The highest BCUT2D eigenvalue weighted by Crippen LogP contribution is 2.52. The summed E-state index contributed by atoms with van der Waals surface area (Å²) in [5, 5.41) is 0. The van der Waals surface area contributed by atoms with Crippen LogP contribution in [0, 0.1) is 6.92 Å². The molecule has 77 heavy (non-hydrogen) atoms. The summed E-state index contributed by atoms with van der Waals surface area (Å²) in [5.74, 6) is 1.04. The van der Waals surface area contributed by atoms with Crippen molar-refractivity contribution in [3.05, 3.63) is 235 Å². The monoisotopic (exact) mass is 989 g/mol. The maximum Gasteiger partial charge on any atom is 0.252 e. The number of anilines is 12. The largest absolute Gasteiger partial charge is 0.312 e. The standard InChI is InChI=1S/C70H59B3N4/c1-43(2)47-39-51(44(3)4)65(52(40-47)45(5)6)72-54-32-18-22-36-60(54)75(49-27-13-9-14-28-49)68-46(7)69-58(41-57(68)72)73-56-34-20-24-38-62(56)77-61-37-23-19-33-55(61)71-53-31-17-21-35-59(53)74(48-25-11-8-12-26-48)63-42-64(67(73)70(77)66(63)71)76(69)50-29-15-10-16-30-50/h8-45H,1-7H3. The van der Waals surface area contributed by atoms with Crippen molar-refractivity contribution in [1.29, 1.82) is 0 Å². The quantitative estimate of drug-likeness (QED) is 0.148. The summed E-state index contributed by atoms with van der Waals surface area (Å²) in [7, 11) is 0. The van der Waals surface area contributed by atoms with Gasteiger partial charge in [0.2, 0.25) is 6.71 Å². The Morgan fingerprint density at radius 3 is 1.05 bits per heavy atom. The van der Waals surface area contributed by atoms with Crippen molar-refractivity contribution in [3.63, 3.8) is 0 Å². The van der Waals surface area contributed by atoms with Crippen molar-refractivity contribution in [3.8, 4) is 0 Å². The first-order chi connectivity index (χ1) is 37.7. The molecule has 7 heteroatoms. The van der Waals surface area contributed by atoms with Crippen LogP contribution in [0.15, 0.2) is 212 Å². The first kappa shape index (κ1) is 45.9. The molecule has 0 N–H and O–H groups in total. The number of para-hydroxylation sites is 7. The van der Waals surface area contributed by atoms with Crippen molar-refractivity contribution in [2.45, 2.75) is 66.2 Å². The van der Waals surface area contributed by atoms with Crippen molar-refractivity contribution >= 4 is 138 Å². The lowest BCUT2D eigenvalue weighted by Gasteiger charge is -2.51. The van der Waals surface area contributed by atoms with Crippen LogP contribution in [0.2, 0.25) is 0 Å². The van der Waals surface area contributed by atoms with Crippen LogP contribution in [0.1, 0.15) is 81.5 Å². The van der Waals surface area contributed by atoms with E-state index in [1.807, 2.05) is 0 Å². The van der Waals surface area contributed by atoms with E-state index >= 15 is 0 Å². The third-order valence-corrected chi connectivity index (χ3v) is 17.7. The van der Waals surface area contributed by atoms with Crippen LogP contribution in [-0.2, 0) is 0 Å². The Hall–Kier alpha value is -8.41. The molecular formula is C70H59B3N4. The minimum Gasteiger partial charge on any atom is -0.312 e. The molecule has 10 aromatic carbocycles. The van der Waals surface area contributed by atoms with E-state index in [1.165, 1.54) is 123 Å². The summed E-state index contributed by atoms with van der Waals surface area (Å²) in [5.41, 5.74) is 32.5. The van der Waals surface area contributed by atoms with E-state index < -0.39 is 0 Å². The number of benzene rings is 10. The summed E-state index contributed by atoms with van der Waals surface area (Å²) in [6, 6.07) is 80.9. The second-order valence-electron chi connectivity index (χ2n) is 22.9. The zero-order valence-electron chi connectivity index (χ0n) is 45.0. The fourth-order valence-corrected chi connectivity index (χ4v) is 14.5. The normalized spacial score (nSPS) is 14.1. The maximum atomic E-state index is 2.71. The van der Waals surface area contributed by atoms with Gasteiger partial charge in [0.05, 0.1) is 0 Å². The summed E-state index contributed by atoms with van der Waals surface area (Å²) in [6.07, 6.45) is 0. The molecule has 0 spiro atoms. The molecule has 0 saturated heterocycles. The highest BCUT2D eigenvalue weighted by atomic mass is 15.2. The van der Waals surface area contributed by atoms with Gasteiger partial charge in [-0.3, -0.25) is 0 Å². The van der Waals surface area contributed by atoms with Gasteiger partial charge in [-0.1, -0.05) is 193 Å². The Morgan fingerprint density at radius 2 is 0.623 bits per heavy atom. The molecule has 0 unspecified atom stereocenters. The maximum absolute atomic E-state index is 2.71. The van der Waals surface area contributed by atoms with Gasteiger partial charge in [-0.05, 0) is 157 Å². The molecule has 15 rings (SSSR count). The Bertz CT molecular complexity index is 4000. The summed E-state index contributed by atoms with van der Waals surface area (Å²) in [4.78, 5) is 10.5. The van der Waals surface area contributed by atoms with Gasteiger partial charge < -0.3 is 19.6 Å². The Morgan fingerprint density at radius 1 is 0.286 bits per heavy atom. The number of nitrogens with zero attached hydrogens (tertiary/aromatic N) is 4. The highest BCUT2D eigenvalue weighted by Gasteiger charge is 2.53. The minimum atomic E-state index is -0.0783. The Labute approximate surface area is 455 Å². The molecular weight excluding hydrogens is 929 g/mol. The predicted octanol–water partition coefficient (Wildman–Crippen LogP) is 12.4. The molecule has 0 radical (unpaired) electrons. The molecule has 0 amide bonds. The van der Waals surface area contributed by atoms with E-state index in [9.17, 15) is 0 Å². The van der Waals surface area contributed by atoms with Crippen LogP contribution >= 0.6 is 0 Å². The van der Waals surface area contributed by atoms with Crippen LogP contribution in [0.25, 0.3) is 0 Å². The lowest BCUT2D eigenvalue weighted by Crippen LogP contribution is -2.69. The second kappa shape index (κ2) is 17.3. The molecule has 0 fully saturated rings. The van der Waals surface area contributed by atoms with E-state index in [2.05, 4.69) is 280 Å². The van der Waals surface area contributed by atoms with Gasteiger partial charge in [0.15, 0.2) is 0 Å². The number of fused-ring (bicyclic) bond motifs is 12. The molecule has 4 nitrogen and oxygen atoms in total. The fraction of sp³-hybridized carbons (Fsp3) is 0.143. The first-order valence-electron chi connectivity index (χ1n) is 28.0. The van der Waals surface area contributed by atoms with E-state index in [1.54, 1.807) is 0 Å². The molecule has 10 aromatic rings. The predicted molar refractivity (Wildman–Crippen MR) is 333 cm³/mol.